The average Bonchev–Trinajstić information content (AvgIpc) is 2.27. The molecule has 1 rings (SSSR count). The first-order chi connectivity index (χ1) is 7.63. The number of nitrogens with zero attached hydrogens (tertiary/aromatic N) is 3. The minimum atomic E-state index is 0.426. The summed E-state index contributed by atoms with van der Waals surface area (Å²) < 4.78 is 0. The molecule has 0 amide bonds. The lowest BCUT2D eigenvalue weighted by Crippen LogP contribution is -2.25. The summed E-state index contributed by atoms with van der Waals surface area (Å²) in [6.07, 6.45) is 4.67. The minimum absolute atomic E-state index is 0.426. The molecule has 1 unspecified atom stereocenters. The smallest absolute Gasteiger partial charge is 0.225 e. The molecule has 0 saturated heterocycles. The van der Waals surface area contributed by atoms with E-state index in [1.807, 2.05) is 31.1 Å². The van der Waals surface area contributed by atoms with Gasteiger partial charge in [-0.05, 0) is 19.4 Å². The van der Waals surface area contributed by atoms with Crippen LogP contribution in [0.25, 0.3) is 0 Å². The predicted molar refractivity (Wildman–Crippen MR) is 67.5 cm³/mol. The minimum Gasteiger partial charge on any atom is -0.347 e. The van der Waals surface area contributed by atoms with E-state index in [1.54, 1.807) is 6.20 Å². The van der Waals surface area contributed by atoms with Gasteiger partial charge in [-0.2, -0.15) is 0 Å². The topological polar surface area (TPSA) is 41.1 Å². The van der Waals surface area contributed by atoms with Gasteiger partial charge in [0.2, 0.25) is 5.95 Å². The van der Waals surface area contributed by atoms with Gasteiger partial charge >= 0.3 is 0 Å². The second kappa shape index (κ2) is 6.23. The fourth-order valence-electron chi connectivity index (χ4n) is 1.31. The molecule has 0 aliphatic heterocycles. The third kappa shape index (κ3) is 3.98. The summed E-state index contributed by atoms with van der Waals surface area (Å²) in [5, 5.41) is 3.39. The summed E-state index contributed by atoms with van der Waals surface area (Å²) >= 11 is 0. The van der Waals surface area contributed by atoms with Crippen LogP contribution in [0.1, 0.15) is 19.0 Å². The van der Waals surface area contributed by atoms with Crippen molar-refractivity contribution in [2.24, 2.45) is 0 Å². The van der Waals surface area contributed by atoms with Gasteiger partial charge < -0.3 is 10.2 Å². The Kier molecular flexibility index (Phi) is 4.92. The molecule has 0 radical (unpaired) electrons. The quantitative estimate of drug-likeness (QED) is 0.739. The number of anilines is 1. The van der Waals surface area contributed by atoms with E-state index in [0.717, 1.165) is 24.6 Å². The van der Waals surface area contributed by atoms with E-state index in [0.29, 0.717) is 6.04 Å². The number of hydrogen-bond acceptors (Lipinski definition) is 4. The first kappa shape index (κ1) is 12.6. The highest BCUT2D eigenvalue weighted by atomic mass is 15.2. The van der Waals surface area contributed by atoms with E-state index in [4.69, 9.17) is 0 Å². The van der Waals surface area contributed by atoms with Crippen molar-refractivity contribution in [2.45, 2.75) is 25.9 Å². The SMILES string of the molecule is C=CCC(C)NCc1ccnc(N(C)C)n1. The fraction of sp³-hybridized carbons (Fsp3) is 0.500. The molecule has 4 nitrogen and oxygen atoms in total. The standard InChI is InChI=1S/C12H20N4/c1-5-6-10(2)14-9-11-7-8-13-12(15-11)16(3)4/h5,7-8,10,14H,1,6,9H2,2-4H3. The van der Waals surface area contributed by atoms with Gasteiger partial charge in [-0.3, -0.25) is 0 Å². The lowest BCUT2D eigenvalue weighted by molar-refractivity contribution is 0.547. The summed E-state index contributed by atoms with van der Waals surface area (Å²) in [6.45, 7) is 6.62. The van der Waals surface area contributed by atoms with Gasteiger partial charge in [-0.25, -0.2) is 9.97 Å². The first-order valence-electron chi connectivity index (χ1n) is 5.47. The lowest BCUT2D eigenvalue weighted by Gasteiger charge is -2.13. The molecule has 88 valence electrons. The molecule has 0 bridgehead atoms. The number of rotatable bonds is 6. The second-order valence-electron chi connectivity index (χ2n) is 4.05. The molecule has 1 atom stereocenters. The van der Waals surface area contributed by atoms with Crippen LogP contribution < -0.4 is 10.2 Å². The van der Waals surface area contributed by atoms with E-state index in [-0.39, 0.29) is 0 Å². The Labute approximate surface area is 97.4 Å². The monoisotopic (exact) mass is 220 g/mol. The fourth-order valence-corrected chi connectivity index (χ4v) is 1.31. The molecule has 4 heteroatoms. The van der Waals surface area contributed by atoms with Crippen LogP contribution in [0.15, 0.2) is 24.9 Å². The Balaban J connectivity index is 2.53. The Bertz CT molecular complexity index is 336. The Hall–Kier alpha value is -1.42. The van der Waals surface area contributed by atoms with Crippen molar-refractivity contribution in [1.29, 1.82) is 0 Å². The zero-order valence-electron chi connectivity index (χ0n) is 10.3. The molecule has 16 heavy (non-hydrogen) atoms. The maximum atomic E-state index is 4.43. The summed E-state index contributed by atoms with van der Waals surface area (Å²) in [6, 6.07) is 2.36. The van der Waals surface area contributed by atoms with E-state index >= 15 is 0 Å². The van der Waals surface area contributed by atoms with E-state index < -0.39 is 0 Å². The predicted octanol–water partition coefficient (Wildman–Crippen LogP) is 1.60. The van der Waals surface area contributed by atoms with Crippen LogP contribution in [0.2, 0.25) is 0 Å². The second-order valence-corrected chi connectivity index (χ2v) is 4.05. The highest BCUT2D eigenvalue weighted by molar-refractivity contribution is 5.26. The first-order valence-corrected chi connectivity index (χ1v) is 5.47. The Morgan fingerprint density at radius 1 is 1.56 bits per heavy atom. The maximum absolute atomic E-state index is 4.43. The summed E-state index contributed by atoms with van der Waals surface area (Å²) in [4.78, 5) is 10.5. The van der Waals surface area contributed by atoms with E-state index in [1.165, 1.54) is 0 Å². The van der Waals surface area contributed by atoms with E-state index in [9.17, 15) is 0 Å². The summed E-state index contributed by atoms with van der Waals surface area (Å²) in [5.41, 5.74) is 1.01. The maximum Gasteiger partial charge on any atom is 0.225 e. The van der Waals surface area contributed by atoms with Crippen molar-refractivity contribution in [3.05, 3.63) is 30.6 Å². The molecule has 0 aliphatic rings. The van der Waals surface area contributed by atoms with Crippen LogP contribution >= 0.6 is 0 Å². The largest absolute Gasteiger partial charge is 0.347 e. The molecule has 1 heterocycles. The van der Waals surface area contributed by atoms with Crippen molar-refractivity contribution in [2.75, 3.05) is 19.0 Å². The van der Waals surface area contributed by atoms with Crippen molar-refractivity contribution >= 4 is 5.95 Å². The van der Waals surface area contributed by atoms with Crippen molar-refractivity contribution in [3.63, 3.8) is 0 Å². The lowest BCUT2D eigenvalue weighted by atomic mass is 10.2. The zero-order valence-corrected chi connectivity index (χ0v) is 10.3. The molecule has 0 spiro atoms. The number of hydrogen-bond donors (Lipinski definition) is 1. The van der Waals surface area contributed by atoms with Gasteiger partial charge in [0.25, 0.3) is 0 Å². The highest BCUT2D eigenvalue weighted by Crippen LogP contribution is 2.03. The summed E-state index contributed by atoms with van der Waals surface area (Å²) in [5.74, 6) is 0.746. The van der Waals surface area contributed by atoms with Crippen molar-refractivity contribution in [3.8, 4) is 0 Å². The van der Waals surface area contributed by atoms with Crippen LogP contribution in [0, 0.1) is 0 Å². The van der Waals surface area contributed by atoms with Crippen LogP contribution in [-0.4, -0.2) is 30.1 Å². The Morgan fingerprint density at radius 3 is 2.94 bits per heavy atom. The molecular weight excluding hydrogens is 200 g/mol. The van der Waals surface area contributed by atoms with Gasteiger partial charge in [-0.15, -0.1) is 6.58 Å². The van der Waals surface area contributed by atoms with Crippen LogP contribution in [0.5, 0.6) is 0 Å². The molecule has 0 aromatic carbocycles. The molecule has 0 fully saturated rings. The zero-order chi connectivity index (χ0) is 12.0. The van der Waals surface area contributed by atoms with Crippen LogP contribution in [0.4, 0.5) is 5.95 Å². The highest BCUT2D eigenvalue weighted by Gasteiger charge is 2.03. The molecule has 0 saturated carbocycles. The van der Waals surface area contributed by atoms with Gasteiger partial charge in [0.1, 0.15) is 0 Å². The van der Waals surface area contributed by atoms with Gasteiger partial charge in [0, 0.05) is 32.9 Å². The normalized spacial score (nSPS) is 12.2. The van der Waals surface area contributed by atoms with E-state index in [2.05, 4.69) is 28.8 Å². The summed E-state index contributed by atoms with van der Waals surface area (Å²) in [7, 11) is 3.87. The third-order valence-corrected chi connectivity index (χ3v) is 2.25. The van der Waals surface area contributed by atoms with Gasteiger partial charge in [0.15, 0.2) is 0 Å². The molecular formula is C12H20N4. The number of nitrogens with one attached hydrogen (secondary N) is 1. The third-order valence-electron chi connectivity index (χ3n) is 2.25. The Morgan fingerprint density at radius 2 is 2.31 bits per heavy atom. The van der Waals surface area contributed by atoms with Gasteiger partial charge in [-0.1, -0.05) is 6.08 Å². The van der Waals surface area contributed by atoms with Crippen LogP contribution in [-0.2, 0) is 6.54 Å². The van der Waals surface area contributed by atoms with Crippen molar-refractivity contribution < 1.29 is 0 Å². The van der Waals surface area contributed by atoms with Crippen molar-refractivity contribution in [1.82, 2.24) is 15.3 Å². The van der Waals surface area contributed by atoms with Gasteiger partial charge in [0.05, 0.1) is 5.69 Å². The molecule has 1 aromatic rings. The molecule has 1 N–H and O–H groups in total. The molecule has 1 aromatic heterocycles. The molecule has 0 aliphatic carbocycles. The van der Waals surface area contributed by atoms with Crippen LogP contribution in [0.3, 0.4) is 0 Å². The number of aromatic nitrogens is 2. The average molecular weight is 220 g/mol.